The molecule has 0 radical (unpaired) electrons. The molecule has 33 heavy (non-hydrogen) atoms. The SMILES string of the molecule is Cc1nc(C(C)(C)S(C)(=O)=O)ccc1N.Cc1nc(C(C)(C)S(C)(=O)=O)ccc1[N+](=O)[O-].[Zn]. The van der Waals surface area contributed by atoms with Crippen molar-refractivity contribution in [2.75, 3.05) is 18.2 Å². The Kier molecular flexibility index (Phi) is 9.89. The third-order valence-electron chi connectivity index (χ3n) is 5.47. The second-order valence-electron chi connectivity index (χ2n) is 8.49. The molecule has 180 valence electrons. The van der Waals surface area contributed by atoms with Gasteiger partial charge >= 0.3 is 0 Å². The van der Waals surface area contributed by atoms with Crippen molar-refractivity contribution in [3.63, 3.8) is 0 Å². The number of rotatable bonds is 5. The van der Waals surface area contributed by atoms with Gasteiger partial charge in [-0.1, -0.05) is 0 Å². The van der Waals surface area contributed by atoms with E-state index in [4.69, 9.17) is 5.73 Å². The summed E-state index contributed by atoms with van der Waals surface area (Å²) < 4.78 is 44.2. The molecule has 0 bridgehead atoms. The van der Waals surface area contributed by atoms with Crippen LogP contribution in [0.25, 0.3) is 0 Å². The van der Waals surface area contributed by atoms with Crippen molar-refractivity contribution >= 4 is 31.0 Å². The molecule has 0 aliphatic heterocycles. The standard InChI is InChI=1S/C10H14N2O4S.C10H16N2O2S.Zn/c1-7-8(12(13)14)5-6-9(11-7)10(2,3)17(4,15)16;1-7-8(11)5-6-9(12-7)10(2,3)15(4,13)14;/h5-6H,1-4H3;5-6H,11H2,1-4H3;. The maximum Gasteiger partial charge on any atom is 0.290 e. The van der Waals surface area contributed by atoms with Gasteiger partial charge in [0.15, 0.2) is 19.7 Å². The summed E-state index contributed by atoms with van der Waals surface area (Å²) in [5.41, 5.74) is 7.79. The van der Waals surface area contributed by atoms with Crippen LogP contribution in [0.15, 0.2) is 24.3 Å². The average Bonchev–Trinajstić information content (AvgIpc) is 2.62. The van der Waals surface area contributed by atoms with Crippen LogP contribution in [0.2, 0.25) is 0 Å². The zero-order valence-electron chi connectivity index (χ0n) is 20.2. The third kappa shape index (κ3) is 7.00. The fourth-order valence-electron chi connectivity index (χ4n) is 2.37. The molecule has 2 N–H and O–H groups in total. The number of nitrogens with two attached hydrogens (primary N) is 1. The topological polar surface area (TPSA) is 163 Å². The molecule has 2 heterocycles. The molecular formula is C20H30N4O6S2Zn. The Morgan fingerprint density at radius 3 is 1.48 bits per heavy atom. The molecule has 2 aromatic heterocycles. The van der Waals surface area contributed by atoms with Gasteiger partial charge in [0.1, 0.15) is 15.2 Å². The first-order valence-corrected chi connectivity index (χ1v) is 13.3. The van der Waals surface area contributed by atoms with E-state index < -0.39 is 34.1 Å². The first-order valence-electron chi connectivity index (χ1n) is 9.48. The van der Waals surface area contributed by atoms with E-state index in [0.29, 0.717) is 22.8 Å². The van der Waals surface area contributed by atoms with Gasteiger partial charge < -0.3 is 5.73 Å². The summed E-state index contributed by atoms with van der Waals surface area (Å²) in [5.74, 6) is 0. The summed E-state index contributed by atoms with van der Waals surface area (Å²) in [6.45, 7) is 9.57. The van der Waals surface area contributed by atoms with Crippen LogP contribution in [-0.2, 0) is 48.6 Å². The first kappa shape index (κ1) is 31.0. The smallest absolute Gasteiger partial charge is 0.290 e. The second-order valence-corrected chi connectivity index (χ2v) is 13.6. The maximum atomic E-state index is 11.6. The van der Waals surface area contributed by atoms with Crippen molar-refractivity contribution in [1.82, 2.24) is 9.97 Å². The number of nitrogen functional groups attached to an aromatic ring is 1. The van der Waals surface area contributed by atoms with Gasteiger partial charge in [0.05, 0.1) is 27.7 Å². The molecule has 2 aromatic rings. The number of nitro groups is 1. The molecule has 0 saturated carbocycles. The zero-order valence-corrected chi connectivity index (χ0v) is 24.8. The van der Waals surface area contributed by atoms with Gasteiger partial charge in [-0.05, 0) is 59.7 Å². The summed E-state index contributed by atoms with van der Waals surface area (Å²) in [5, 5.41) is 10.6. The van der Waals surface area contributed by atoms with Gasteiger partial charge in [-0.25, -0.2) is 21.8 Å². The molecule has 13 heteroatoms. The molecule has 0 unspecified atom stereocenters. The predicted octanol–water partition coefficient (Wildman–Crippen LogP) is 2.83. The fourth-order valence-corrected chi connectivity index (χ4v) is 3.36. The maximum absolute atomic E-state index is 11.6. The van der Waals surface area contributed by atoms with Crippen LogP contribution in [0.5, 0.6) is 0 Å². The first-order chi connectivity index (χ1) is 14.2. The van der Waals surface area contributed by atoms with Crippen molar-refractivity contribution in [2.45, 2.75) is 51.0 Å². The van der Waals surface area contributed by atoms with Crippen molar-refractivity contribution in [1.29, 1.82) is 0 Å². The summed E-state index contributed by atoms with van der Waals surface area (Å²) in [6, 6.07) is 6.00. The van der Waals surface area contributed by atoms with E-state index in [-0.39, 0.29) is 30.9 Å². The number of aryl methyl sites for hydroxylation is 2. The third-order valence-corrected chi connectivity index (χ3v) is 9.60. The normalized spacial score (nSPS) is 12.2. The van der Waals surface area contributed by atoms with Gasteiger partial charge in [-0.2, -0.15) is 0 Å². The van der Waals surface area contributed by atoms with E-state index in [1.54, 1.807) is 32.9 Å². The molecule has 0 aliphatic carbocycles. The number of aromatic nitrogens is 2. The molecule has 0 spiro atoms. The largest absolute Gasteiger partial charge is 0.397 e. The Morgan fingerprint density at radius 1 is 0.818 bits per heavy atom. The van der Waals surface area contributed by atoms with Crippen molar-refractivity contribution in [3.05, 3.63) is 57.2 Å². The second kappa shape index (κ2) is 10.5. The van der Waals surface area contributed by atoms with Crippen molar-refractivity contribution < 1.29 is 41.2 Å². The minimum atomic E-state index is -3.34. The van der Waals surface area contributed by atoms with E-state index in [0.717, 1.165) is 6.26 Å². The Labute approximate surface area is 208 Å². The Bertz CT molecular complexity index is 1240. The van der Waals surface area contributed by atoms with E-state index in [1.165, 1.54) is 39.2 Å². The summed E-state index contributed by atoms with van der Waals surface area (Å²) in [4.78, 5) is 18.3. The molecule has 0 aromatic carbocycles. The molecule has 0 amide bonds. The minimum absolute atomic E-state index is 0. The fraction of sp³-hybridized carbons (Fsp3) is 0.500. The zero-order chi connectivity index (χ0) is 25.3. The molecule has 0 saturated heterocycles. The van der Waals surface area contributed by atoms with Crippen LogP contribution in [0.3, 0.4) is 0 Å². The van der Waals surface area contributed by atoms with Crippen LogP contribution in [-0.4, -0.2) is 44.2 Å². The van der Waals surface area contributed by atoms with Crippen molar-refractivity contribution in [3.8, 4) is 0 Å². The van der Waals surface area contributed by atoms with E-state index in [2.05, 4.69) is 9.97 Å². The van der Waals surface area contributed by atoms with Gasteiger partial charge in [-0.3, -0.25) is 15.1 Å². The van der Waals surface area contributed by atoms with Crippen LogP contribution in [0.4, 0.5) is 11.4 Å². The Balaban J connectivity index is 0.000000607. The van der Waals surface area contributed by atoms with Crippen LogP contribution in [0, 0.1) is 24.0 Å². The number of hydrogen-bond acceptors (Lipinski definition) is 9. The molecule has 0 fully saturated rings. The van der Waals surface area contributed by atoms with Crippen LogP contribution in [0.1, 0.15) is 50.5 Å². The molecule has 0 atom stereocenters. The van der Waals surface area contributed by atoms with Gasteiger partial charge in [0.25, 0.3) is 5.69 Å². The monoisotopic (exact) mass is 550 g/mol. The van der Waals surface area contributed by atoms with Crippen molar-refractivity contribution in [2.24, 2.45) is 0 Å². The number of hydrogen-bond donors (Lipinski definition) is 1. The van der Waals surface area contributed by atoms with Gasteiger partial charge in [-0.15, -0.1) is 0 Å². The van der Waals surface area contributed by atoms with E-state index in [9.17, 15) is 26.9 Å². The van der Waals surface area contributed by atoms with Gasteiger partial charge in [0, 0.05) is 38.1 Å². The van der Waals surface area contributed by atoms with E-state index in [1.807, 2.05) is 0 Å². The molecule has 2 rings (SSSR count). The van der Waals surface area contributed by atoms with Crippen LogP contribution >= 0.6 is 0 Å². The van der Waals surface area contributed by atoms with Crippen LogP contribution < -0.4 is 5.73 Å². The van der Waals surface area contributed by atoms with E-state index >= 15 is 0 Å². The molecule has 0 aliphatic rings. The molecule has 10 nitrogen and oxygen atoms in total. The minimum Gasteiger partial charge on any atom is -0.397 e. The Morgan fingerprint density at radius 2 is 1.18 bits per heavy atom. The molecular weight excluding hydrogens is 522 g/mol. The predicted molar refractivity (Wildman–Crippen MR) is 125 cm³/mol. The quantitative estimate of drug-likeness (QED) is 0.334. The summed E-state index contributed by atoms with van der Waals surface area (Å²) in [7, 11) is -6.53. The summed E-state index contributed by atoms with van der Waals surface area (Å²) >= 11 is 0. The van der Waals surface area contributed by atoms with Gasteiger partial charge in [0.2, 0.25) is 0 Å². The average molecular weight is 552 g/mol. The summed E-state index contributed by atoms with van der Waals surface area (Å²) in [6.07, 6.45) is 2.33. The number of anilines is 1. The Hall–Kier alpha value is -1.98. The number of pyridine rings is 2. The number of sulfone groups is 2. The number of nitrogens with zero attached hydrogens (tertiary/aromatic N) is 3.